The van der Waals surface area contributed by atoms with Crippen molar-refractivity contribution in [3.8, 4) is 23.1 Å². The third kappa shape index (κ3) is 12.9. The first-order chi connectivity index (χ1) is 28.3. The number of nitrogens with one attached hydrogen (secondary N) is 3. The lowest BCUT2D eigenvalue weighted by molar-refractivity contribution is 0.0382. The maximum absolute atomic E-state index is 12.8. The van der Waals surface area contributed by atoms with E-state index in [4.69, 9.17) is 35.2 Å². The van der Waals surface area contributed by atoms with Gasteiger partial charge in [-0.3, -0.25) is 19.4 Å². The monoisotopic (exact) mass is 809 g/mol. The Morgan fingerprint density at radius 2 is 1.31 bits per heavy atom. The minimum atomic E-state index is -0.187. The normalized spacial score (nSPS) is 14.2. The molecule has 0 unspecified atom stereocenters. The molecular weight excluding hydrogens is 755 g/mol. The van der Waals surface area contributed by atoms with Crippen molar-refractivity contribution >= 4 is 45.6 Å². The quantitative estimate of drug-likeness (QED) is 0.0959. The summed E-state index contributed by atoms with van der Waals surface area (Å²) in [7, 11) is 3.11. The zero-order valence-electron chi connectivity index (χ0n) is 32.9. The Balaban J connectivity index is 0.000000267. The highest BCUT2D eigenvalue weighted by molar-refractivity contribution is 5.97. The molecule has 2 fully saturated rings. The molecule has 7 rings (SSSR count). The smallest absolute Gasteiger partial charge is 0.251 e. The number of ether oxygens (including phenoxy) is 5. The highest BCUT2D eigenvalue weighted by atomic mass is 16.5. The molecule has 2 aliphatic rings. The highest BCUT2D eigenvalue weighted by Gasteiger charge is 2.15. The molecule has 1 aromatic heterocycles. The average Bonchev–Trinajstić information content (AvgIpc) is 3.25. The minimum Gasteiger partial charge on any atom is -0.497 e. The standard InChI is InChI=1S/C28H30N6O4.C14H21N3O3.CH4/c1-36-21-17-19(27(35)30-10-11-34-12-14-37-15-13-34)16-20(18-21)32-28-31-9-8-26(33-28)38-25-7-6-24(29)22-4-2-3-5-23(22)25;1-19-13-9-11(8-12(15)10-13)14(18)16-2-3-17-4-6-20-7-5-17;/h2-9,16-18H,10-15,29H2,1H3,(H,30,35)(H,31,32,33);8-10H,2-7,15H2,1H3,(H,16,18);1H4. The first-order valence-corrected chi connectivity index (χ1v) is 19.1. The van der Waals surface area contributed by atoms with E-state index in [-0.39, 0.29) is 19.2 Å². The molecule has 16 nitrogen and oxygen atoms in total. The lowest BCUT2D eigenvalue weighted by atomic mass is 10.1. The third-order valence-electron chi connectivity index (χ3n) is 9.48. The Morgan fingerprint density at radius 3 is 1.92 bits per heavy atom. The van der Waals surface area contributed by atoms with Gasteiger partial charge < -0.3 is 51.1 Å². The van der Waals surface area contributed by atoms with Crippen LogP contribution in [0.15, 0.2) is 85.1 Å². The van der Waals surface area contributed by atoms with E-state index < -0.39 is 0 Å². The summed E-state index contributed by atoms with van der Waals surface area (Å²) in [6.07, 6.45) is 1.60. The number of aromatic nitrogens is 2. The average molecular weight is 810 g/mol. The van der Waals surface area contributed by atoms with Crippen LogP contribution in [0.5, 0.6) is 23.1 Å². The van der Waals surface area contributed by atoms with E-state index in [0.29, 0.717) is 70.4 Å². The molecule has 59 heavy (non-hydrogen) atoms. The number of nitrogens with two attached hydrogens (primary N) is 2. The van der Waals surface area contributed by atoms with Crippen molar-refractivity contribution in [2.75, 3.05) is 110 Å². The van der Waals surface area contributed by atoms with Gasteiger partial charge in [0.25, 0.3) is 11.8 Å². The summed E-state index contributed by atoms with van der Waals surface area (Å²) >= 11 is 0. The topological polar surface area (TPSA) is 201 Å². The van der Waals surface area contributed by atoms with E-state index in [0.717, 1.165) is 76.5 Å². The number of benzene rings is 4. The lowest BCUT2D eigenvalue weighted by Gasteiger charge is -2.26. The predicted octanol–water partition coefficient (Wildman–Crippen LogP) is 4.79. The molecule has 4 aromatic carbocycles. The number of anilines is 4. The fraction of sp³-hybridized carbons (Fsp3) is 0.349. The molecule has 7 N–H and O–H groups in total. The Labute approximate surface area is 345 Å². The van der Waals surface area contributed by atoms with Crippen molar-refractivity contribution < 1.29 is 33.3 Å². The van der Waals surface area contributed by atoms with Crippen LogP contribution in [0, 0.1) is 0 Å². The second kappa shape index (κ2) is 22.1. The van der Waals surface area contributed by atoms with E-state index in [9.17, 15) is 9.59 Å². The summed E-state index contributed by atoms with van der Waals surface area (Å²) in [6.45, 7) is 9.32. The van der Waals surface area contributed by atoms with Gasteiger partial charge in [-0.25, -0.2) is 4.98 Å². The lowest BCUT2D eigenvalue weighted by Crippen LogP contribution is -2.41. The number of hydrogen-bond acceptors (Lipinski definition) is 14. The molecule has 2 aliphatic heterocycles. The number of hydrogen-bond donors (Lipinski definition) is 5. The number of amides is 2. The summed E-state index contributed by atoms with van der Waals surface area (Å²) in [5.41, 5.74) is 14.6. The SMILES string of the molecule is C.COc1cc(N)cc(C(=O)NCCN2CCOCC2)c1.COc1cc(Nc2nccc(Oc3ccc(N)c4ccccc34)n2)cc(C(=O)NCCN2CCOCC2)c1. The van der Waals surface area contributed by atoms with E-state index in [1.165, 1.54) is 0 Å². The fourth-order valence-corrected chi connectivity index (χ4v) is 6.38. The van der Waals surface area contributed by atoms with Crippen molar-refractivity contribution in [1.29, 1.82) is 0 Å². The summed E-state index contributed by atoms with van der Waals surface area (Å²) in [4.78, 5) is 38.2. The maximum Gasteiger partial charge on any atom is 0.251 e. The molecule has 2 saturated heterocycles. The second-order valence-electron chi connectivity index (χ2n) is 13.5. The number of carbonyl (C=O) groups is 2. The minimum absolute atomic E-state index is 0. The number of fused-ring (bicyclic) bond motifs is 1. The van der Waals surface area contributed by atoms with E-state index in [2.05, 4.69) is 35.7 Å². The van der Waals surface area contributed by atoms with Crippen LogP contribution < -0.4 is 41.6 Å². The van der Waals surface area contributed by atoms with Gasteiger partial charge in [0.1, 0.15) is 17.2 Å². The van der Waals surface area contributed by atoms with Gasteiger partial charge in [-0.15, -0.1) is 0 Å². The van der Waals surface area contributed by atoms with Gasteiger partial charge >= 0.3 is 0 Å². The molecule has 314 valence electrons. The predicted molar refractivity (Wildman–Crippen MR) is 230 cm³/mol. The molecule has 0 bridgehead atoms. The molecule has 0 radical (unpaired) electrons. The largest absolute Gasteiger partial charge is 0.497 e. The molecule has 16 heteroatoms. The van der Waals surface area contributed by atoms with Crippen molar-refractivity contribution in [3.63, 3.8) is 0 Å². The number of nitrogen functional groups attached to an aromatic ring is 2. The van der Waals surface area contributed by atoms with Crippen molar-refractivity contribution in [3.05, 3.63) is 96.2 Å². The summed E-state index contributed by atoms with van der Waals surface area (Å²) < 4.78 is 27.2. The number of carbonyl (C=O) groups excluding carboxylic acids is 2. The zero-order valence-corrected chi connectivity index (χ0v) is 32.9. The zero-order chi connectivity index (χ0) is 40.7. The third-order valence-corrected chi connectivity index (χ3v) is 9.48. The number of morpholine rings is 2. The summed E-state index contributed by atoms with van der Waals surface area (Å²) in [5.74, 6) is 2.11. The number of nitrogens with zero attached hydrogens (tertiary/aromatic N) is 4. The van der Waals surface area contributed by atoms with Crippen LogP contribution >= 0.6 is 0 Å². The Morgan fingerprint density at radius 1 is 0.729 bits per heavy atom. The maximum atomic E-state index is 12.8. The van der Waals surface area contributed by atoms with Gasteiger partial charge in [-0.05, 0) is 36.4 Å². The molecule has 5 aromatic rings. The van der Waals surface area contributed by atoms with Crippen LogP contribution in [0.4, 0.5) is 23.0 Å². The van der Waals surface area contributed by atoms with Gasteiger partial charge in [0.2, 0.25) is 11.8 Å². The molecular formula is C43H55N9O7. The van der Waals surface area contributed by atoms with Crippen molar-refractivity contribution in [1.82, 2.24) is 30.4 Å². The summed E-state index contributed by atoms with van der Waals surface area (Å²) in [5, 5.41) is 10.8. The highest BCUT2D eigenvalue weighted by Crippen LogP contribution is 2.33. The van der Waals surface area contributed by atoms with Gasteiger partial charge in [0.05, 0.1) is 40.6 Å². The molecule has 0 atom stereocenters. The molecule has 3 heterocycles. The number of methoxy groups -OCH3 is 2. The molecule has 0 spiro atoms. The number of rotatable bonds is 14. The Hall–Kier alpha value is -6.20. The van der Waals surface area contributed by atoms with Crippen LogP contribution in [0.25, 0.3) is 10.8 Å². The van der Waals surface area contributed by atoms with Crippen molar-refractivity contribution in [2.45, 2.75) is 7.43 Å². The first-order valence-electron chi connectivity index (χ1n) is 19.1. The molecule has 0 saturated carbocycles. The fourth-order valence-electron chi connectivity index (χ4n) is 6.38. The molecule has 2 amide bonds. The van der Waals surface area contributed by atoms with Crippen LogP contribution in [0.1, 0.15) is 28.1 Å². The van der Waals surface area contributed by atoms with Gasteiger partial charge in [0.15, 0.2) is 0 Å². The van der Waals surface area contributed by atoms with E-state index in [1.54, 1.807) is 62.9 Å². The van der Waals surface area contributed by atoms with E-state index in [1.807, 2.05) is 36.4 Å². The second-order valence-corrected chi connectivity index (χ2v) is 13.5. The van der Waals surface area contributed by atoms with Crippen LogP contribution in [0.2, 0.25) is 0 Å². The summed E-state index contributed by atoms with van der Waals surface area (Å²) in [6, 6.07) is 23.3. The Bertz CT molecular complexity index is 2140. The van der Waals surface area contributed by atoms with Gasteiger partial charge in [-0.1, -0.05) is 31.7 Å². The van der Waals surface area contributed by atoms with E-state index >= 15 is 0 Å². The first kappa shape index (κ1) is 43.9. The van der Waals surface area contributed by atoms with Crippen LogP contribution in [-0.4, -0.2) is 125 Å². The van der Waals surface area contributed by atoms with Crippen molar-refractivity contribution in [2.24, 2.45) is 0 Å². The van der Waals surface area contributed by atoms with Gasteiger partial charge in [-0.2, -0.15) is 4.98 Å². The molecule has 0 aliphatic carbocycles. The Kier molecular flexibility index (Phi) is 16.4. The van der Waals surface area contributed by atoms with Gasteiger partial charge in [0, 0.05) is 116 Å². The van der Waals surface area contributed by atoms with Crippen LogP contribution in [-0.2, 0) is 9.47 Å². The van der Waals surface area contributed by atoms with Crippen LogP contribution in [0.3, 0.4) is 0 Å².